The first-order valence-electron chi connectivity index (χ1n) is 6.33. The number of furan rings is 1. The molecule has 0 unspecified atom stereocenters. The van der Waals surface area contributed by atoms with Gasteiger partial charge in [0.1, 0.15) is 18.1 Å². The first kappa shape index (κ1) is 12.7. The number of hydrogen-bond donors (Lipinski definition) is 1. The fourth-order valence-corrected chi connectivity index (χ4v) is 1.69. The second-order valence-electron chi connectivity index (χ2n) is 4.10. The Labute approximate surface area is 108 Å². The Hall–Kier alpha value is -1.74. The fraction of sp³-hybridized carbons (Fsp3) is 0.333. The van der Waals surface area contributed by atoms with Crippen molar-refractivity contribution in [3.05, 3.63) is 54.0 Å². The van der Waals surface area contributed by atoms with Crippen LogP contribution in [0, 0.1) is 0 Å². The summed E-state index contributed by atoms with van der Waals surface area (Å²) in [6, 6.07) is 12.1. The van der Waals surface area contributed by atoms with Crippen molar-refractivity contribution in [3.8, 4) is 5.75 Å². The van der Waals surface area contributed by atoms with Crippen molar-refractivity contribution in [1.82, 2.24) is 5.32 Å². The van der Waals surface area contributed by atoms with Crippen molar-refractivity contribution in [2.24, 2.45) is 0 Å². The third-order valence-electron chi connectivity index (χ3n) is 2.76. The van der Waals surface area contributed by atoms with Crippen molar-refractivity contribution in [2.75, 3.05) is 13.2 Å². The zero-order valence-corrected chi connectivity index (χ0v) is 10.7. The number of nitrogens with one attached hydrogen (secondary N) is 1. The zero-order chi connectivity index (χ0) is 12.6. The second-order valence-corrected chi connectivity index (χ2v) is 4.10. The van der Waals surface area contributed by atoms with Crippen LogP contribution in [0.1, 0.15) is 18.2 Å². The van der Waals surface area contributed by atoms with Crippen LogP contribution in [0.3, 0.4) is 0 Å². The lowest BCUT2D eigenvalue weighted by Gasteiger charge is -2.07. The normalized spacial score (nSPS) is 10.5. The third-order valence-corrected chi connectivity index (χ3v) is 2.76. The maximum absolute atomic E-state index is 5.63. The summed E-state index contributed by atoms with van der Waals surface area (Å²) in [5, 5.41) is 3.26. The van der Waals surface area contributed by atoms with E-state index in [4.69, 9.17) is 9.15 Å². The Balaban J connectivity index is 1.62. The Morgan fingerprint density at radius 2 is 2.00 bits per heavy atom. The molecule has 0 amide bonds. The van der Waals surface area contributed by atoms with Gasteiger partial charge in [-0.1, -0.05) is 19.1 Å². The predicted molar refractivity (Wildman–Crippen MR) is 71.7 cm³/mol. The number of benzene rings is 1. The largest absolute Gasteiger partial charge is 0.492 e. The minimum atomic E-state index is 0.659. The van der Waals surface area contributed by atoms with Gasteiger partial charge in [0.05, 0.1) is 12.8 Å². The van der Waals surface area contributed by atoms with E-state index in [1.54, 1.807) is 6.26 Å². The van der Waals surface area contributed by atoms with Crippen LogP contribution < -0.4 is 10.1 Å². The van der Waals surface area contributed by atoms with Crippen LogP contribution in [-0.2, 0) is 13.0 Å². The molecule has 0 saturated heterocycles. The van der Waals surface area contributed by atoms with Gasteiger partial charge in [-0.3, -0.25) is 0 Å². The summed E-state index contributed by atoms with van der Waals surface area (Å²) in [7, 11) is 0. The van der Waals surface area contributed by atoms with E-state index >= 15 is 0 Å². The van der Waals surface area contributed by atoms with Gasteiger partial charge in [-0.05, 0) is 36.2 Å². The van der Waals surface area contributed by atoms with Crippen molar-refractivity contribution >= 4 is 0 Å². The first-order valence-corrected chi connectivity index (χ1v) is 6.33. The van der Waals surface area contributed by atoms with Crippen LogP contribution in [0.15, 0.2) is 47.1 Å². The molecule has 1 N–H and O–H groups in total. The quantitative estimate of drug-likeness (QED) is 0.761. The van der Waals surface area contributed by atoms with Gasteiger partial charge in [-0.2, -0.15) is 0 Å². The Kier molecular flexibility index (Phi) is 4.85. The van der Waals surface area contributed by atoms with Crippen LogP contribution in [0.4, 0.5) is 0 Å². The molecule has 0 radical (unpaired) electrons. The fourth-order valence-electron chi connectivity index (χ4n) is 1.69. The average Bonchev–Trinajstić information content (AvgIpc) is 2.92. The van der Waals surface area contributed by atoms with E-state index in [-0.39, 0.29) is 0 Å². The highest BCUT2D eigenvalue weighted by atomic mass is 16.5. The van der Waals surface area contributed by atoms with Gasteiger partial charge in [-0.25, -0.2) is 0 Å². The highest BCUT2D eigenvalue weighted by molar-refractivity contribution is 5.27. The summed E-state index contributed by atoms with van der Waals surface area (Å²) >= 11 is 0. The molecule has 3 nitrogen and oxygen atoms in total. The van der Waals surface area contributed by atoms with Gasteiger partial charge >= 0.3 is 0 Å². The van der Waals surface area contributed by atoms with Gasteiger partial charge in [0.2, 0.25) is 0 Å². The summed E-state index contributed by atoms with van der Waals surface area (Å²) in [5.41, 5.74) is 1.33. The second kappa shape index (κ2) is 6.87. The van der Waals surface area contributed by atoms with Crippen molar-refractivity contribution in [3.63, 3.8) is 0 Å². The molecule has 2 rings (SSSR count). The number of hydrogen-bond acceptors (Lipinski definition) is 3. The van der Waals surface area contributed by atoms with Crippen LogP contribution in [0.5, 0.6) is 5.75 Å². The molecule has 0 spiro atoms. The highest BCUT2D eigenvalue weighted by Crippen LogP contribution is 2.12. The molecule has 0 atom stereocenters. The molecule has 96 valence electrons. The molecule has 0 aliphatic carbocycles. The lowest BCUT2D eigenvalue weighted by Crippen LogP contribution is -2.20. The number of rotatable bonds is 7. The lowest BCUT2D eigenvalue weighted by atomic mass is 10.2. The Morgan fingerprint density at radius 1 is 1.17 bits per heavy atom. The molecule has 1 heterocycles. The molecular formula is C15H19NO2. The minimum Gasteiger partial charge on any atom is -0.492 e. The molecule has 1 aromatic heterocycles. The smallest absolute Gasteiger partial charge is 0.119 e. The lowest BCUT2D eigenvalue weighted by molar-refractivity contribution is 0.311. The molecule has 18 heavy (non-hydrogen) atoms. The highest BCUT2D eigenvalue weighted by Gasteiger charge is 1.96. The molecule has 0 aliphatic heterocycles. The van der Waals surface area contributed by atoms with Gasteiger partial charge in [-0.15, -0.1) is 0 Å². The van der Waals surface area contributed by atoms with E-state index in [0.717, 1.165) is 31.0 Å². The van der Waals surface area contributed by atoms with Crippen LogP contribution in [-0.4, -0.2) is 13.2 Å². The molecule has 0 fully saturated rings. The molecule has 1 aromatic carbocycles. The molecule has 0 aliphatic rings. The zero-order valence-electron chi connectivity index (χ0n) is 10.7. The topological polar surface area (TPSA) is 34.4 Å². The van der Waals surface area contributed by atoms with Crippen LogP contribution >= 0.6 is 0 Å². The van der Waals surface area contributed by atoms with E-state index in [1.807, 2.05) is 24.3 Å². The van der Waals surface area contributed by atoms with Crippen LogP contribution in [0.25, 0.3) is 0 Å². The SMILES string of the molecule is CCc1ccc(OCCNCc2ccco2)cc1. The van der Waals surface area contributed by atoms with Gasteiger partial charge in [0.25, 0.3) is 0 Å². The van der Waals surface area contributed by atoms with E-state index in [9.17, 15) is 0 Å². The van der Waals surface area contributed by atoms with E-state index in [1.165, 1.54) is 5.56 Å². The van der Waals surface area contributed by atoms with Crippen molar-refractivity contribution in [2.45, 2.75) is 19.9 Å². The standard InChI is InChI=1S/C15H19NO2/c1-2-13-5-7-14(8-6-13)18-11-9-16-12-15-4-3-10-17-15/h3-8,10,16H,2,9,11-12H2,1H3. The average molecular weight is 245 g/mol. The summed E-state index contributed by atoms with van der Waals surface area (Å²) < 4.78 is 10.9. The summed E-state index contributed by atoms with van der Waals surface area (Å²) in [4.78, 5) is 0. The van der Waals surface area contributed by atoms with E-state index < -0.39 is 0 Å². The molecular weight excluding hydrogens is 226 g/mol. The third kappa shape index (κ3) is 3.93. The molecule has 0 saturated carbocycles. The summed E-state index contributed by atoms with van der Waals surface area (Å²) in [6.45, 7) is 4.35. The summed E-state index contributed by atoms with van der Waals surface area (Å²) in [5.74, 6) is 1.87. The number of ether oxygens (including phenoxy) is 1. The Morgan fingerprint density at radius 3 is 2.67 bits per heavy atom. The van der Waals surface area contributed by atoms with Gasteiger partial charge in [0.15, 0.2) is 0 Å². The van der Waals surface area contributed by atoms with E-state index in [0.29, 0.717) is 6.61 Å². The molecule has 2 aromatic rings. The van der Waals surface area contributed by atoms with Gasteiger partial charge in [0, 0.05) is 6.54 Å². The van der Waals surface area contributed by atoms with Crippen LogP contribution in [0.2, 0.25) is 0 Å². The monoisotopic (exact) mass is 245 g/mol. The molecule has 0 bridgehead atoms. The predicted octanol–water partition coefficient (Wildman–Crippen LogP) is 3.01. The van der Waals surface area contributed by atoms with Crippen molar-refractivity contribution < 1.29 is 9.15 Å². The maximum atomic E-state index is 5.63. The first-order chi connectivity index (χ1) is 8.88. The minimum absolute atomic E-state index is 0.659. The number of aryl methyl sites for hydroxylation is 1. The molecule has 3 heteroatoms. The van der Waals surface area contributed by atoms with Crippen molar-refractivity contribution in [1.29, 1.82) is 0 Å². The van der Waals surface area contributed by atoms with E-state index in [2.05, 4.69) is 24.4 Å². The maximum Gasteiger partial charge on any atom is 0.119 e. The summed E-state index contributed by atoms with van der Waals surface area (Å²) in [6.07, 6.45) is 2.74. The Bertz CT molecular complexity index is 434. The van der Waals surface area contributed by atoms with Gasteiger partial charge < -0.3 is 14.5 Å².